The smallest absolute Gasteiger partial charge is 0.408 e. The Kier molecular flexibility index (Phi) is 10.4. The fraction of sp³-hybridized carbons (Fsp3) is 0.609. The second-order valence-electron chi connectivity index (χ2n) is 8.89. The highest BCUT2D eigenvalue weighted by molar-refractivity contribution is 7.80. The molecule has 1 rings (SSSR count). The lowest BCUT2D eigenvalue weighted by Crippen LogP contribution is -2.54. The highest BCUT2D eigenvalue weighted by Crippen LogP contribution is 2.24. The molecule has 2 unspecified atom stereocenters. The maximum atomic E-state index is 13.5. The van der Waals surface area contributed by atoms with E-state index in [4.69, 9.17) is 4.74 Å². The number of ether oxygens (including phenoxy) is 1. The van der Waals surface area contributed by atoms with Crippen molar-refractivity contribution < 1.29 is 19.1 Å². The molecule has 0 saturated heterocycles. The van der Waals surface area contributed by atoms with Crippen LogP contribution in [-0.4, -0.2) is 52.8 Å². The maximum Gasteiger partial charge on any atom is 0.408 e. The molecular weight excluding hydrogens is 414 g/mol. The summed E-state index contributed by atoms with van der Waals surface area (Å²) >= 11 is 4.26. The number of hydrogen-bond donors (Lipinski definition) is 3. The monoisotopic (exact) mass is 451 g/mol. The van der Waals surface area contributed by atoms with Gasteiger partial charge in [-0.15, -0.1) is 0 Å². The van der Waals surface area contributed by atoms with Gasteiger partial charge in [0.05, 0.1) is 0 Å². The number of aryl methyl sites for hydroxylation is 1. The van der Waals surface area contributed by atoms with Gasteiger partial charge in [-0.25, -0.2) is 4.79 Å². The topological polar surface area (TPSA) is 87.7 Å². The zero-order valence-electron chi connectivity index (χ0n) is 19.7. The molecule has 0 aliphatic carbocycles. The summed E-state index contributed by atoms with van der Waals surface area (Å²) in [7, 11) is 0. The van der Waals surface area contributed by atoms with Crippen molar-refractivity contribution in [3.05, 3.63) is 35.4 Å². The average Bonchev–Trinajstić information content (AvgIpc) is 2.63. The fourth-order valence-electron chi connectivity index (χ4n) is 3.12. The van der Waals surface area contributed by atoms with Gasteiger partial charge in [-0.05, 0) is 53.5 Å². The number of carbonyl (C=O) groups excluding carboxylic acids is 3. The number of carbonyl (C=O) groups is 3. The first-order valence-corrected chi connectivity index (χ1v) is 11.3. The predicted molar refractivity (Wildman–Crippen MR) is 126 cm³/mol. The largest absolute Gasteiger partial charge is 0.444 e. The Bertz CT molecular complexity index is 761. The van der Waals surface area contributed by atoms with E-state index in [1.54, 1.807) is 20.8 Å². The summed E-state index contributed by atoms with van der Waals surface area (Å²) in [5.41, 5.74) is 1.01. The number of thiol groups is 1. The molecule has 0 spiro atoms. The molecule has 174 valence electrons. The van der Waals surface area contributed by atoms with Crippen LogP contribution in [0.1, 0.15) is 65.1 Å². The van der Waals surface area contributed by atoms with E-state index in [-0.39, 0.29) is 23.6 Å². The van der Waals surface area contributed by atoms with Crippen LogP contribution in [0.5, 0.6) is 0 Å². The van der Waals surface area contributed by atoms with E-state index in [1.807, 2.05) is 52.0 Å². The first kappa shape index (κ1) is 26.8. The molecule has 0 saturated carbocycles. The first-order valence-electron chi connectivity index (χ1n) is 10.7. The number of alkyl carbamates (subject to hydrolysis) is 1. The van der Waals surface area contributed by atoms with Gasteiger partial charge in [0.2, 0.25) is 11.8 Å². The Hall–Kier alpha value is -2.22. The third-order valence-corrected chi connectivity index (χ3v) is 4.63. The SMILES string of the molecule is CCCN(C(=O)C(CS)NC(=O)OC(C)(C)C)C(C(=O)NC(C)C)c1cccc(C)c1. The summed E-state index contributed by atoms with van der Waals surface area (Å²) in [4.78, 5) is 40.4. The Labute approximate surface area is 191 Å². The van der Waals surface area contributed by atoms with Gasteiger partial charge in [-0.2, -0.15) is 12.6 Å². The van der Waals surface area contributed by atoms with Crippen molar-refractivity contribution in [3.63, 3.8) is 0 Å². The lowest BCUT2D eigenvalue weighted by atomic mass is 10.0. The normalized spacial score (nSPS) is 13.3. The number of rotatable bonds is 9. The molecule has 31 heavy (non-hydrogen) atoms. The van der Waals surface area contributed by atoms with Crippen LogP contribution < -0.4 is 10.6 Å². The second-order valence-corrected chi connectivity index (χ2v) is 9.26. The molecule has 8 heteroatoms. The van der Waals surface area contributed by atoms with E-state index >= 15 is 0 Å². The van der Waals surface area contributed by atoms with Crippen molar-refractivity contribution in [2.75, 3.05) is 12.3 Å². The van der Waals surface area contributed by atoms with Crippen LogP contribution in [0.4, 0.5) is 4.79 Å². The Morgan fingerprint density at radius 3 is 2.29 bits per heavy atom. The second kappa shape index (κ2) is 12.0. The lowest BCUT2D eigenvalue weighted by Gasteiger charge is -2.34. The summed E-state index contributed by atoms with van der Waals surface area (Å²) in [6.07, 6.45) is -0.0514. The van der Waals surface area contributed by atoms with E-state index in [1.165, 1.54) is 4.90 Å². The molecule has 0 fully saturated rings. The quantitative estimate of drug-likeness (QED) is 0.501. The van der Waals surface area contributed by atoms with Crippen LogP contribution in [0, 0.1) is 6.92 Å². The predicted octanol–water partition coefficient (Wildman–Crippen LogP) is 3.62. The van der Waals surface area contributed by atoms with Crippen molar-refractivity contribution in [2.45, 2.75) is 78.6 Å². The minimum absolute atomic E-state index is 0.0740. The van der Waals surface area contributed by atoms with Crippen molar-refractivity contribution in [1.82, 2.24) is 15.5 Å². The van der Waals surface area contributed by atoms with Crippen molar-refractivity contribution >= 4 is 30.5 Å². The fourth-order valence-corrected chi connectivity index (χ4v) is 3.37. The summed E-state index contributed by atoms with van der Waals surface area (Å²) in [5.74, 6) is -0.573. The molecule has 1 aromatic rings. The zero-order chi connectivity index (χ0) is 23.8. The molecular formula is C23H37N3O4S. The molecule has 0 aromatic heterocycles. The van der Waals surface area contributed by atoms with Gasteiger partial charge in [0, 0.05) is 18.3 Å². The molecule has 0 aliphatic heterocycles. The van der Waals surface area contributed by atoms with Crippen LogP contribution in [0.25, 0.3) is 0 Å². The van der Waals surface area contributed by atoms with Gasteiger partial charge < -0.3 is 20.3 Å². The van der Waals surface area contributed by atoms with Gasteiger partial charge in [0.25, 0.3) is 0 Å². The van der Waals surface area contributed by atoms with Crippen molar-refractivity contribution in [1.29, 1.82) is 0 Å². The standard InChI is InChI=1S/C23H37N3O4S/c1-8-12-26(21(28)18(14-31)25-22(29)30-23(5,6)7)19(20(27)24-15(2)3)17-11-9-10-16(4)13-17/h9-11,13,15,18-19,31H,8,12,14H2,1-7H3,(H,24,27)(H,25,29). The number of nitrogens with one attached hydrogen (secondary N) is 2. The van der Waals surface area contributed by atoms with Gasteiger partial charge in [-0.1, -0.05) is 36.8 Å². The molecule has 0 aliphatic rings. The number of nitrogens with zero attached hydrogens (tertiary/aromatic N) is 1. The van der Waals surface area contributed by atoms with E-state index in [0.29, 0.717) is 13.0 Å². The minimum atomic E-state index is -0.927. The van der Waals surface area contributed by atoms with E-state index in [2.05, 4.69) is 23.3 Å². The van der Waals surface area contributed by atoms with Gasteiger partial charge >= 0.3 is 6.09 Å². The summed E-state index contributed by atoms with van der Waals surface area (Å²) < 4.78 is 5.29. The molecule has 7 nitrogen and oxygen atoms in total. The lowest BCUT2D eigenvalue weighted by molar-refractivity contribution is -0.142. The minimum Gasteiger partial charge on any atom is -0.444 e. The Balaban J connectivity index is 3.29. The molecule has 2 N–H and O–H groups in total. The molecule has 0 radical (unpaired) electrons. The first-order chi connectivity index (χ1) is 14.4. The van der Waals surface area contributed by atoms with Gasteiger partial charge in [-0.3, -0.25) is 9.59 Å². The van der Waals surface area contributed by atoms with Crippen molar-refractivity contribution in [3.8, 4) is 0 Å². The average molecular weight is 452 g/mol. The maximum absolute atomic E-state index is 13.5. The molecule has 0 heterocycles. The van der Waals surface area contributed by atoms with Crippen LogP contribution in [0.2, 0.25) is 0 Å². The van der Waals surface area contributed by atoms with Crippen molar-refractivity contribution in [2.24, 2.45) is 0 Å². The summed E-state index contributed by atoms with van der Waals surface area (Å²) in [6, 6.07) is 5.71. The summed E-state index contributed by atoms with van der Waals surface area (Å²) in [6.45, 7) is 13.2. The zero-order valence-corrected chi connectivity index (χ0v) is 20.6. The van der Waals surface area contributed by atoms with E-state index in [9.17, 15) is 14.4 Å². The third-order valence-electron chi connectivity index (χ3n) is 4.27. The Morgan fingerprint density at radius 1 is 1.16 bits per heavy atom. The van der Waals surface area contributed by atoms with Gasteiger partial charge in [0.1, 0.15) is 17.7 Å². The number of amides is 3. The molecule has 0 bridgehead atoms. The van der Waals surface area contributed by atoms with Crippen LogP contribution in [-0.2, 0) is 14.3 Å². The summed E-state index contributed by atoms with van der Waals surface area (Å²) in [5, 5.41) is 5.52. The number of hydrogen-bond acceptors (Lipinski definition) is 5. The number of benzene rings is 1. The molecule has 3 amide bonds. The van der Waals surface area contributed by atoms with Gasteiger partial charge in [0.15, 0.2) is 0 Å². The molecule has 2 atom stereocenters. The van der Waals surface area contributed by atoms with Crippen LogP contribution in [0.3, 0.4) is 0 Å². The van der Waals surface area contributed by atoms with E-state index in [0.717, 1.165) is 11.1 Å². The van der Waals surface area contributed by atoms with E-state index < -0.39 is 23.8 Å². The highest BCUT2D eigenvalue weighted by atomic mass is 32.1. The molecule has 1 aromatic carbocycles. The van der Waals surface area contributed by atoms with Crippen LogP contribution in [0.15, 0.2) is 24.3 Å². The third kappa shape index (κ3) is 8.81. The van der Waals surface area contributed by atoms with Crippen LogP contribution >= 0.6 is 12.6 Å². The highest BCUT2D eigenvalue weighted by Gasteiger charge is 2.35. The Morgan fingerprint density at radius 2 is 1.81 bits per heavy atom.